The quantitative estimate of drug-likeness (QED) is 0.350. The Hall–Kier alpha value is -3.45. The molecule has 5 rings (SSSR count). The summed E-state index contributed by atoms with van der Waals surface area (Å²) in [5.74, 6) is -0.557. The molecule has 1 aromatic heterocycles. The summed E-state index contributed by atoms with van der Waals surface area (Å²) in [5.41, 5.74) is 0.562. The lowest BCUT2D eigenvalue weighted by molar-refractivity contribution is 0.0323. The smallest absolute Gasteiger partial charge is 0.339 e. The third-order valence-corrected chi connectivity index (χ3v) is 9.89. The van der Waals surface area contributed by atoms with Crippen LogP contribution in [0.4, 0.5) is 5.69 Å². The molecule has 3 aromatic rings. The van der Waals surface area contributed by atoms with Crippen LogP contribution in [-0.2, 0) is 19.5 Å². The zero-order valence-electron chi connectivity index (χ0n) is 23.4. The molecule has 1 aliphatic carbocycles. The van der Waals surface area contributed by atoms with Crippen molar-refractivity contribution >= 4 is 33.3 Å². The van der Waals surface area contributed by atoms with E-state index in [2.05, 4.69) is 5.10 Å². The van der Waals surface area contributed by atoms with Gasteiger partial charge in [0, 0.05) is 38.3 Å². The van der Waals surface area contributed by atoms with Crippen LogP contribution in [0.5, 0.6) is 5.75 Å². The Balaban J connectivity index is 1.42. The monoisotopic (exact) mass is 616 g/mol. The molecule has 2 fully saturated rings. The molecule has 0 unspecified atom stereocenters. The van der Waals surface area contributed by atoms with Crippen LogP contribution in [0.15, 0.2) is 64.4 Å². The van der Waals surface area contributed by atoms with Gasteiger partial charge in [-0.05, 0) is 56.0 Å². The van der Waals surface area contributed by atoms with Crippen LogP contribution in [0, 0.1) is 0 Å². The maximum atomic E-state index is 13.8. The molecule has 0 atom stereocenters. The molecule has 224 valence electrons. The number of rotatable bonds is 8. The fourth-order valence-electron chi connectivity index (χ4n) is 5.39. The molecular formula is C29H33ClN4O7S. The van der Waals surface area contributed by atoms with Crippen molar-refractivity contribution in [3.8, 4) is 11.4 Å². The van der Waals surface area contributed by atoms with Crippen LogP contribution in [-0.4, -0.2) is 81.1 Å². The van der Waals surface area contributed by atoms with E-state index in [1.807, 2.05) is 4.90 Å². The lowest BCUT2D eigenvalue weighted by atomic mass is 9.95. The molecule has 2 aromatic carbocycles. The lowest BCUT2D eigenvalue weighted by Gasteiger charge is -2.36. The molecule has 0 radical (unpaired) electrons. The van der Waals surface area contributed by atoms with Crippen LogP contribution >= 0.6 is 11.6 Å². The highest BCUT2D eigenvalue weighted by Gasteiger charge is 2.34. The van der Waals surface area contributed by atoms with Crippen molar-refractivity contribution in [1.82, 2.24) is 14.1 Å². The van der Waals surface area contributed by atoms with E-state index in [9.17, 15) is 18.0 Å². The van der Waals surface area contributed by atoms with Crippen molar-refractivity contribution in [3.05, 3.63) is 75.7 Å². The molecule has 2 aliphatic rings. The topological polar surface area (TPSA) is 120 Å². The summed E-state index contributed by atoms with van der Waals surface area (Å²) in [5, 5.41) is 4.89. The van der Waals surface area contributed by atoms with Crippen molar-refractivity contribution in [2.24, 2.45) is 0 Å². The maximum absolute atomic E-state index is 13.8. The minimum atomic E-state index is -3.98. The molecule has 1 saturated heterocycles. The van der Waals surface area contributed by atoms with Crippen LogP contribution in [0.3, 0.4) is 0 Å². The first kappa shape index (κ1) is 30.0. The number of hydrogen-bond acceptors (Lipinski definition) is 9. The molecule has 0 spiro atoms. The van der Waals surface area contributed by atoms with E-state index in [0.29, 0.717) is 16.4 Å². The number of hydrogen-bond donors (Lipinski definition) is 0. The minimum absolute atomic E-state index is 0.0184. The summed E-state index contributed by atoms with van der Waals surface area (Å²) >= 11 is 6.18. The Bertz CT molecular complexity index is 1600. The molecule has 11 nitrogen and oxygen atoms in total. The first-order valence-electron chi connectivity index (χ1n) is 13.7. The first-order chi connectivity index (χ1) is 20.2. The van der Waals surface area contributed by atoms with E-state index in [1.165, 1.54) is 28.2 Å². The van der Waals surface area contributed by atoms with Crippen molar-refractivity contribution in [3.63, 3.8) is 0 Å². The van der Waals surface area contributed by atoms with Gasteiger partial charge in [0.2, 0.25) is 15.8 Å². The highest BCUT2D eigenvalue weighted by Crippen LogP contribution is 2.31. The van der Waals surface area contributed by atoms with E-state index >= 15 is 0 Å². The standard InChI is InChI=1S/C29H33ClN4O7S/c1-39-22-10-12-23(13-11-22)41-27-25(19-31-34(28(27)35)21-7-5-6-20(30)18-21)32-14-16-33(17-15-32)42(37,38)26-9-4-3-8-24(26)29(36)40-2/h3-9,18-19,22-23H,10-17H2,1-2H3. The summed E-state index contributed by atoms with van der Waals surface area (Å²) in [6.45, 7) is 0.838. The summed E-state index contributed by atoms with van der Waals surface area (Å²) in [6.07, 6.45) is 4.71. The second kappa shape index (κ2) is 12.8. The zero-order valence-corrected chi connectivity index (χ0v) is 25.0. The summed E-state index contributed by atoms with van der Waals surface area (Å²) in [6, 6.07) is 12.8. The Kier molecular flexibility index (Phi) is 9.16. The third-order valence-electron chi connectivity index (χ3n) is 7.70. The van der Waals surface area contributed by atoms with E-state index in [1.54, 1.807) is 49.7 Å². The number of ether oxygens (including phenoxy) is 3. The van der Waals surface area contributed by atoms with E-state index in [-0.39, 0.29) is 54.6 Å². The number of carbonyl (C=O) groups is 1. The second-order valence-electron chi connectivity index (χ2n) is 10.2. The number of esters is 1. The van der Waals surface area contributed by atoms with Gasteiger partial charge in [0.15, 0.2) is 0 Å². The fourth-order valence-corrected chi connectivity index (χ4v) is 7.17. The van der Waals surface area contributed by atoms with Crippen LogP contribution in [0.2, 0.25) is 5.02 Å². The van der Waals surface area contributed by atoms with Gasteiger partial charge in [0.05, 0.1) is 41.7 Å². The highest BCUT2D eigenvalue weighted by atomic mass is 35.5. The molecule has 1 saturated carbocycles. The maximum Gasteiger partial charge on any atom is 0.339 e. The van der Waals surface area contributed by atoms with Gasteiger partial charge in [-0.2, -0.15) is 14.1 Å². The van der Waals surface area contributed by atoms with Crippen LogP contribution in [0.25, 0.3) is 5.69 Å². The van der Waals surface area contributed by atoms with Gasteiger partial charge in [-0.25, -0.2) is 13.2 Å². The molecular weight excluding hydrogens is 584 g/mol. The van der Waals surface area contributed by atoms with Gasteiger partial charge in [-0.3, -0.25) is 4.79 Å². The van der Waals surface area contributed by atoms with Crippen molar-refractivity contribution in [1.29, 1.82) is 0 Å². The normalized spacial score (nSPS) is 19.8. The first-order valence-corrected chi connectivity index (χ1v) is 15.5. The largest absolute Gasteiger partial charge is 0.483 e. The number of halogens is 1. The molecule has 1 aliphatic heterocycles. The van der Waals surface area contributed by atoms with Crippen molar-refractivity contribution in [2.45, 2.75) is 42.8 Å². The van der Waals surface area contributed by atoms with Gasteiger partial charge >= 0.3 is 11.5 Å². The number of carbonyl (C=O) groups excluding carboxylic acids is 1. The van der Waals surface area contributed by atoms with Crippen LogP contribution in [0.1, 0.15) is 36.0 Å². The number of aromatic nitrogens is 2. The van der Waals surface area contributed by atoms with Crippen LogP contribution < -0.4 is 15.2 Å². The SMILES string of the molecule is COC(=O)c1ccccc1S(=O)(=O)N1CCN(c2cnn(-c3cccc(Cl)c3)c(=O)c2OC2CCC(OC)CC2)CC1. The van der Waals surface area contributed by atoms with Crippen molar-refractivity contribution < 1.29 is 27.4 Å². The predicted octanol–water partition coefficient (Wildman–Crippen LogP) is 3.52. The average Bonchev–Trinajstić information content (AvgIpc) is 3.02. The Morgan fingerprint density at radius 2 is 1.64 bits per heavy atom. The van der Waals surface area contributed by atoms with Gasteiger partial charge in [-0.1, -0.05) is 29.8 Å². The molecule has 0 bridgehead atoms. The number of piperazine rings is 1. The predicted molar refractivity (Wildman–Crippen MR) is 157 cm³/mol. The van der Waals surface area contributed by atoms with E-state index < -0.39 is 21.6 Å². The number of sulfonamides is 1. The van der Waals surface area contributed by atoms with Gasteiger partial charge in [0.1, 0.15) is 5.69 Å². The highest BCUT2D eigenvalue weighted by molar-refractivity contribution is 7.89. The lowest BCUT2D eigenvalue weighted by Crippen LogP contribution is -2.49. The average molecular weight is 617 g/mol. The molecule has 13 heteroatoms. The van der Waals surface area contributed by atoms with E-state index in [0.717, 1.165) is 25.7 Å². The zero-order chi connectivity index (χ0) is 29.9. The number of methoxy groups -OCH3 is 2. The van der Waals surface area contributed by atoms with Gasteiger partial charge < -0.3 is 19.1 Å². The molecule has 0 N–H and O–H groups in total. The second-order valence-corrected chi connectivity index (χ2v) is 12.5. The number of benzene rings is 2. The minimum Gasteiger partial charge on any atom is -0.483 e. The summed E-state index contributed by atoms with van der Waals surface area (Å²) < 4.78 is 46.3. The Morgan fingerprint density at radius 1 is 0.952 bits per heavy atom. The molecule has 2 heterocycles. The number of anilines is 1. The third kappa shape index (κ3) is 6.17. The molecule has 42 heavy (non-hydrogen) atoms. The summed E-state index contributed by atoms with van der Waals surface area (Å²) in [7, 11) is -1.07. The Labute approximate surface area is 249 Å². The van der Waals surface area contributed by atoms with E-state index in [4.69, 9.17) is 25.8 Å². The molecule has 0 amide bonds. The van der Waals surface area contributed by atoms with Gasteiger partial charge in [0.25, 0.3) is 0 Å². The number of nitrogens with zero attached hydrogens (tertiary/aromatic N) is 4. The fraction of sp³-hybridized carbons (Fsp3) is 0.414. The van der Waals surface area contributed by atoms with Gasteiger partial charge in [-0.15, -0.1) is 0 Å². The Morgan fingerprint density at radius 3 is 2.31 bits per heavy atom. The van der Waals surface area contributed by atoms with Crippen molar-refractivity contribution in [2.75, 3.05) is 45.3 Å². The summed E-state index contributed by atoms with van der Waals surface area (Å²) in [4.78, 5) is 27.8.